The van der Waals surface area contributed by atoms with E-state index in [1.165, 1.54) is 0 Å². The smallest absolute Gasteiger partial charge is 0.726 e. The van der Waals surface area contributed by atoms with E-state index in [-0.39, 0.29) is 66.1 Å². The number of carbonyl (C=O) groups is 1. The van der Waals surface area contributed by atoms with E-state index in [4.69, 9.17) is 13.7 Å². The Morgan fingerprint density at radius 2 is 1.62 bits per heavy atom. The van der Waals surface area contributed by atoms with Crippen molar-refractivity contribution in [1.29, 1.82) is 0 Å². The average molecular weight is 714 g/mol. The summed E-state index contributed by atoms with van der Waals surface area (Å²) in [5, 5.41) is 65.5. The fourth-order valence-electron chi connectivity index (χ4n) is 11.1. The third-order valence-corrected chi connectivity index (χ3v) is 13.6. The zero-order valence-corrected chi connectivity index (χ0v) is 31.9. The first-order valence-electron chi connectivity index (χ1n) is 17.3. The fraction of sp³-hybridized carbons (Fsp3) is 0.970. The first kappa shape index (κ1) is 40.8. The molecule has 1 aliphatic heterocycles. The number of fused-ring (bicyclic) bond motifs is 5. The number of aliphatic hydroxyl groups excluding tert-OH is 4. The predicted octanol–water partition coefficient (Wildman–Crippen LogP) is -2.40. The molecule has 13 nitrogen and oxygen atoms in total. The van der Waals surface area contributed by atoms with Gasteiger partial charge in [-0.25, -0.2) is 8.42 Å². The SMILES string of the molecule is CC(C)CCCC(C)(O)[C@H]1[C@@H](O)CC2C3CC(OS(=O)(=O)[O-])C4C[C@@H](OC5OC(C(=O)[O-])C(O)C(O)C5O)CC[C@]4(C)C3CC[C@@]21C.[Na+]. The molecule has 48 heavy (non-hydrogen) atoms. The monoisotopic (exact) mass is 713 g/mol. The minimum Gasteiger partial charge on any atom is -0.726 e. The number of carboxylic acid groups (broad SMARTS) is 1. The zero-order valence-electron chi connectivity index (χ0n) is 29.1. The van der Waals surface area contributed by atoms with Crippen molar-refractivity contribution in [3.63, 3.8) is 0 Å². The van der Waals surface area contributed by atoms with Gasteiger partial charge in [-0.15, -0.1) is 0 Å². The average Bonchev–Trinajstić information content (AvgIpc) is 3.23. The maximum Gasteiger partial charge on any atom is 1.00 e. The van der Waals surface area contributed by atoms with E-state index in [1.807, 2.05) is 6.92 Å². The molecule has 1 heterocycles. The molecule has 0 spiro atoms. The Morgan fingerprint density at radius 1 is 0.979 bits per heavy atom. The standard InChI is InChI=1S/C33H56O13S.Na/c1-16(2)7-6-10-33(5,40)28-22(34)15-20-18-14-23(46-47(41,42)43)21-13-17(8-11-31(21,3)19(18)9-12-32(20,28)4)44-30-26(37)24(35)25(36)27(45-30)29(38)39;/h16-28,30,34-37,40H,6-15H2,1-5H3,(H,38,39)(H,41,42,43);/q;+1/p-2/t17-,18?,19?,20?,21?,22-,23?,24?,25?,26?,27?,28-,30?,31+,32-,33?;/m0./s1. The molecule has 4 aliphatic carbocycles. The van der Waals surface area contributed by atoms with Crippen LogP contribution in [-0.4, -0.2) is 99.1 Å². The molecule has 4 saturated carbocycles. The summed E-state index contributed by atoms with van der Waals surface area (Å²) in [5.74, 6) is -2.05. The first-order chi connectivity index (χ1) is 21.7. The molecular weight excluding hydrogens is 659 g/mol. The van der Waals surface area contributed by atoms with Gasteiger partial charge in [0.2, 0.25) is 10.4 Å². The van der Waals surface area contributed by atoms with Crippen LogP contribution < -0.4 is 34.7 Å². The van der Waals surface area contributed by atoms with Gasteiger partial charge in [-0.05, 0) is 98.7 Å². The molecule has 0 bridgehead atoms. The minimum atomic E-state index is -5.10. The fourth-order valence-corrected chi connectivity index (χ4v) is 11.6. The number of ether oxygens (including phenoxy) is 2. The molecule has 0 amide bonds. The summed E-state index contributed by atoms with van der Waals surface area (Å²) < 4.78 is 52.8. The van der Waals surface area contributed by atoms with Crippen molar-refractivity contribution in [2.75, 3.05) is 0 Å². The summed E-state index contributed by atoms with van der Waals surface area (Å²) in [6.45, 7) is 10.3. The molecule has 5 rings (SSSR count). The Labute approximate surface area is 306 Å². The van der Waals surface area contributed by atoms with Crippen molar-refractivity contribution in [1.82, 2.24) is 0 Å². The Kier molecular flexibility index (Phi) is 12.6. The number of carboxylic acids is 1. The summed E-state index contributed by atoms with van der Waals surface area (Å²) in [6.07, 6.45) is -5.52. The van der Waals surface area contributed by atoms with Crippen molar-refractivity contribution in [2.45, 2.75) is 153 Å². The molecular formula is C33H54NaO13S-. The van der Waals surface area contributed by atoms with Gasteiger partial charge < -0.3 is 49.5 Å². The van der Waals surface area contributed by atoms with Gasteiger partial charge in [-0.1, -0.05) is 40.5 Å². The van der Waals surface area contributed by atoms with E-state index < -0.39 is 87.7 Å². The Balaban J connectivity index is 0.00000520. The van der Waals surface area contributed by atoms with Crippen LogP contribution in [-0.2, 0) is 28.9 Å². The van der Waals surface area contributed by atoms with Crippen LogP contribution >= 0.6 is 0 Å². The Hall–Kier alpha value is 0.0600. The third kappa shape index (κ3) is 7.72. The van der Waals surface area contributed by atoms with Crippen molar-refractivity contribution in [2.24, 2.45) is 46.3 Å². The number of carbonyl (C=O) groups excluding carboxylic acids is 1. The van der Waals surface area contributed by atoms with Crippen molar-refractivity contribution in [3.8, 4) is 0 Å². The maximum atomic E-state index is 12.1. The van der Waals surface area contributed by atoms with Crippen LogP contribution in [0.5, 0.6) is 0 Å². The van der Waals surface area contributed by atoms with Gasteiger partial charge in [-0.3, -0.25) is 4.18 Å². The van der Waals surface area contributed by atoms with Crippen LogP contribution in [0.4, 0.5) is 0 Å². The molecule has 0 aromatic heterocycles. The third-order valence-electron chi connectivity index (χ3n) is 13.1. The number of hydrogen-bond acceptors (Lipinski definition) is 13. The van der Waals surface area contributed by atoms with Crippen LogP contribution in [0.3, 0.4) is 0 Å². The zero-order chi connectivity index (χ0) is 34.9. The number of rotatable bonds is 10. The first-order valence-corrected chi connectivity index (χ1v) is 18.6. The van der Waals surface area contributed by atoms with Gasteiger partial charge in [0.25, 0.3) is 0 Å². The second-order valence-electron chi connectivity index (χ2n) is 16.5. The van der Waals surface area contributed by atoms with Crippen LogP contribution in [0.2, 0.25) is 0 Å². The second-order valence-corrected chi connectivity index (χ2v) is 17.5. The normalized spacial score (nSPS) is 47.3. The van der Waals surface area contributed by atoms with E-state index in [0.717, 1.165) is 25.7 Å². The molecule has 0 aromatic rings. The van der Waals surface area contributed by atoms with Crippen molar-refractivity contribution >= 4 is 16.4 Å². The largest absolute Gasteiger partial charge is 1.00 e. The second kappa shape index (κ2) is 14.8. The molecule has 5 N–H and O–H groups in total. The van der Waals surface area contributed by atoms with Gasteiger partial charge in [-0.2, -0.15) is 0 Å². The van der Waals surface area contributed by atoms with E-state index in [2.05, 4.69) is 27.7 Å². The molecule has 5 fully saturated rings. The van der Waals surface area contributed by atoms with Gasteiger partial charge in [0.15, 0.2) is 6.29 Å². The molecule has 15 heteroatoms. The van der Waals surface area contributed by atoms with Crippen LogP contribution in [0, 0.1) is 46.3 Å². The summed E-state index contributed by atoms with van der Waals surface area (Å²) in [6, 6.07) is 0. The Bertz CT molecular complexity index is 1250. The van der Waals surface area contributed by atoms with Crippen LogP contribution in [0.25, 0.3) is 0 Å². The summed E-state index contributed by atoms with van der Waals surface area (Å²) in [5.41, 5.74) is -1.96. The van der Waals surface area contributed by atoms with E-state index in [9.17, 15) is 48.4 Å². The molecule has 0 aromatic carbocycles. The molecule has 5 aliphatic rings. The summed E-state index contributed by atoms with van der Waals surface area (Å²) in [4.78, 5) is 11.5. The van der Waals surface area contributed by atoms with Crippen molar-refractivity contribution in [3.05, 3.63) is 0 Å². The molecule has 16 atom stereocenters. The minimum absolute atomic E-state index is 0. The Morgan fingerprint density at radius 3 is 2.23 bits per heavy atom. The van der Waals surface area contributed by atoms with Gasteiger partial charge in [0, 0.05) is 5.92 Å². The van der Waals surface area contributed by atoms with Crippen molar-refractivity contribution < 1.29 is 91.6 Å². The quantitative estimate of drug-likeness (QED) is 0.0690. The topological polar surface area (TPSA) is 226 Å². The van der Waals surface area contributed by atoms with E-state index >= 15 is 0 Å². The number of aliphatic hydroxyl groups is 5. The number of aliphatic carboxylic acids is 1. The van der Waals surface area contributed by atoms with E-state index in [1.54, 1.807) is 0 Å². The molecule has 272 valence electrons. The maximum absolute atomic E-state index is 12.1. The van der Waals surface area contributed by atoms with Gasteiger partial charge >= 0.3 is 29.6 Å². The molecule has 11 unspecified atom stereocenters. The molecule has 1 saturated heterocycles. The summed E-state index contributed by atoms with van der Waals surface area (Å²) in [7, 11) is -5.10. The number of hydrogen-bond donors (Lipinski definition) is 5. The summed E-state index contributed by atoms with van der Waals surface area (Å²) >= 11 is 0. The van der Waals surface area contributed by atoms with Crippen LogP contribution in [0.15, 0.2) is 0 Å². The van der Waals surface area contributed by atoms with Crippen LogP contribution in [0.1, 0.15) is 98.8 Å². The van der Waals surface area contributed by atoms with E-state index in [0.29, 0.717) is 31.6 Å². The van der Waals surface area contributed by atoms with Gasteiger partial charge in [0.05, 0.1) is 29.9 Å². The predicted molar refractivity (Wildman–Crippen MR) is 162 cm³/mol. The molecule has 0 radical (unpaired) electrons. The van der Waals surface area contributed by atoms with Gasteiger partial charge in [0.1, 0.15) is 24.4 Å².